The summed E-state index contributed by atoms with van der Waals surface area (Å²) < 4.78 is 16.1. The molecule has 0 aliphatic carbocycles. The Bertz CT molecular complexity index is 1380. The van der Waals surface area contributed by atoms with Crippen LogP contribution in [0.1, 0.15) is 6.92 Å². The first-order chi connectivity index (χ1) is 15.4. The van der Waals surface area contributed by atoms with Crippen molar-refractivity contribution in [1.82, 2.24) is 9.55 Å². The molecule has 0 aliphatic heterocycles. The van der Waals surface area contributed by atoms with Gasteiger partial charge in [-0.3, -0.25) is 19.0 Å². The molecule has 0 bridgehead atoms. The normalized spacial score (nSPS) is 10.8. The van der Waals surface area contributed by atoms with Gasteiger partial charge in [-0.05, 0) is 41.8 Å². The summed E-state index contributed by atoms with van der Waals surface area (Å²) in [5, 5.41) is 7.35. The van der Waals surface area contributed by atoms with Crippen LogP contribution < -0.4 is 16.2 Å². The van der Waals surface area contributed by atoms with Gasteiger partial charge in [0.25, 0.3) is 5.56 Å². The van der Waals surface area contributed by atoms with Crippen LogP contribution in [0.2, 0.25) is 0 Å². The summed E-state index contributed by atoms with van der Waals surface area (Å²) in [5.74, 6) is -1.17. The van der Waals surface area contributed by atoms with Crippen LogP contribution in [0.4, 0.5) is 15.8 Å². The molecule has 0 fully saturated rings. The van der Waals surface area contributed by atoms with Crippen molar-refractivity contribution in [2.75, 3.05) is 16.4 Å². The highest BCUT2D eigenvalue weighted by Gasteiger charge is 2.18. The molecule has 4 aromatic rings. The Morgan fingerprint density at radius 3 is 2.59 bits per heavy atom. The fraction of sp³-hybridized carbons (Fsp3) is 0.0909. The Labute approximate surface area is 190 Å². The monoisotopic (exact) mass is 468 g/mol. The zero-order chi connectivity index (χ0) is 22.7. The van der Waals surface area contributed by atoms with Gasteiger partial charge in [0.05, 0.1) is 17.0 Å². The Balaban J connectivity index is 1.59. The summed E-state index contributed by atoms with van der Waals surface area (Å²) in [4.78, 5) is 41.3. The van der Waals surface area contributed by atoms with E-state index in [1.54, 1.807) is 41.8 Å². The fourth-order valence-electron chi connectivity index (χ4n) is 3.04. The zero-order valence-electron chi connectivity index (χ0n) is 16.8. The van der Waals surface area contributed by atoms with Crippen LogP contribution in [0.3, 0.4) is 0 Å². The van der Waals surface area contributed by atoms with Crippen molar-refractivity contribution in [3.63, 3.8) is 0 Å². The van der Waals surface area contributed by atoms with Crippen LogP contribution in [0.5, 0.6) is 0 Å². The largest absolute Gasteiger partial charge is 0.326 e. The van der Waals surface area contributed by atoms with E-state index < -0.39 is 5.82 Å². The van der Waals surface area contributed by atoms with E-state index in [4.69, 9.17) is 0 Å². The third kappa shape index (κ3) is 4.71. The molecule has 0 aliphatic rings. The first kappa shape index (κ1) is 21.7. The second-order valence-corrected chi connectivity index (χ2v) is 8.58. The minimum absolute atomic E-state index is 0.0547. The lowest BCUT2D eigenvalue weighted by Gasteiger charge is -2.13. The molecule has 2 aromatic carbocycles. The molecule has 0 spiro atoms. The molecule has 32 heavy (non-hydrogen) atoms. The lowest BCUT2D eigenvalue weighted by atomic mass is 10.2. The summed E-state index contributed by atoms with van der Waals surface area (Å²) in [5.41, 5.74) is 1.25. The number of thioether (sulfide) groups is 1. The van der Waals surface area contributed by atoms with Crippen molar-refractivity contribution in [3.8, 4) is 5.69 Å². The molecule has 2 amide bonds. The highest BCUT2D eigenvalue weighted by Crippen LogP contribution is 2.25. The average Bonchev–Trinajstić information content (AvgIpc) is 3.22. The standard InChI is InChI=1S/C22H17FN4O3S2/c1-13(28)24-14-5-4-6-15(11-14)25-19(29)12-32-22-26-17-9-10-31-20(17)21(30)27(22)18-8-3-2-7-16(18)23/h2-11H,12H2,1H3,(H,24,28)(H,25,29). The maximum Gasteiger partial charge on any atom is 0.276 e. The molecule has 7 nitrogen and oxygen atoms in total. The Kier molecular flexibility index (Phi) is 6.33. The molecule has 10 heteroatoms. The molecule has 0 saturated carbocycles. The minimum Gasteiger partial charge on any atom is -0.326 e. The van der Waals surface area contributed by atoms with E-state index in [-0.39, 0.29) is 34.0 Å². The number of benzene rings is 2. The van der Waals surface area contributed by atoms with E-state index in [1.165, 1.54) is 41.0 Å². The van der Waals surface area contributed by atoms with Crippen molar-refractivity contribution in [2.45, 2.75) is 12.1 Å². The molecule has 0 atom stereocenters. The highest BCUT2D eigenvalue weighted by atomic mass is 32.2. The topological polar surface area (TPSA) is 93.1 Å². The van der Waals surface area contributed by atoms with E-state index in [9.17, 15) is 18.8 Å². The third-order valence-corrected chi connectivity index (χ3v) is 6.17. The smallest absolute Gasteiger partial charge is 0.276 e. The van der Waals surface area contributed by atoms with E-state index in [2.05, 4.69) is 15.6 Å². The van der Waals surface area contributed by atoms with Crippen molar-refractivity contribution in [1.29, 1.82) is 0 Å². The van der Waals surface area contributed by atoms with E-state index in [0.29, 0.717) is 21.6 Å². The Morgan fingerprint density at radius 1 is 1.09 bits per heavy atom. The number of hydrogen-bond donors (Lipinski definition) is 2. The predicted molar refractivity (Wildman–Crippen MR) is 125 cm³/mol. The Hall–Kier alpha value is -3.50. The lowest BCUT2D eigenvalue weighted by molar-refractivity contribution is -0.114. The van der Waals surface area contributed by atoms with Crippen LogP contribution >= 0.6 is 23.1 Å². The van der Waals surface area contributed by atoms with Gasteiger partial charge >= 0.3 is 0 Å². The van der Waals surface area contributed by atoms with Crippen molar-refractivity contribution in [3.05, 3.63) is 76.1 Å². The summed E-state index contributed by atoms with van der Waals surface area (Å²) in [6, 6.07) is 14.4. The number of rotatable bonds is 6. The van der Waals surface area contributed by atoms with Gasteiger partial charge in [-0.15, -0.1) is 11.3 Å². The molecular formula is C22H17FN4O3S2. The lowest BCUT2D eigenvalue weighted by Crippen LogP contribution is -2.23. The SMILES string of the molecule is CC(=O)Nc1cccc(NC(=O)CSc2nc3ccsc3c(=O)n2-c2ccccc2F)c1. The average molecular weight is 469 g/mol. The number of aromatic nitrogens is 2. The molecule has 0 unspecified atom stereocenters. The number of thiophene rings is 1. The summed E-state index contributed by atoms with van der Waals surface area (Å²) >= 11 is 2.27. The van der Waals surface area contributed by atoms with Gasteiger partial charge in [0.1, 0.15) is 10.5 Å². The van der Waals surface area contributed by atoms with Crippen LogP contribution in [0.15, 0.2) is 69.9 Å². The highest BCUT2D eigenvalue weighted by molar-refractivity contribution is 7.99. The van der Waals surface area contributed by atoms with Gasteiger partial charge < -0.3 is 10.6 Å². The number of amides is 2. The predicted octanol–water partition coefficient (Wildman–Crippen LogP) is 4.28. The van der Waals surface area contributed by atoms with E-state index in [1.807, 2.05) is 0 Å². The van der Waals surface area contributed by atoms with Crippen molar-refractivity contribution >= 4 is 56.5 Å². The number of halogens is 1. The quantitative estimate of drug-likeness (QED) is 0.326. The summed E-state index contributed by atoms with van der Waals surface area (Å²) in [6.07, 6.45) is 0. The van der Waals surface area contributed by atoms with Gasteiger partial charge in [0.15, 0.2) is 5.16 Å². The van der Waals surface area contributed by atoms with E-state index >= 15 is 0 Å². The maximum atomic E-state index is 14.5. The minimum atomic E-state index is -0.562. The van der Waals surface area contributed by atoms with Gasteiger partial charge in [0, 0.05) is 18.3 Å². The fourth-order valence-corrected chi connectivity index (χ4v) is 4.60. The molecule has 0 saturated heterocycles. The van der Waals surface area contributed by atoms with Crippen LogP contribution in [0.25, 0.3) is 15.9 Å². The molecule has 2 aromatic heterocycles. The number of nitrogens with one attached hydrogen (secondary N) is 2. The van der Waals surface area contributed by atoms with Crippen LogP contribution in [0, 0.1) is 5.82 Å². The molecule has 2 N–H and O–H groups in total. The number of carbonyl (C=O) groups is 2. The van der Waals surface area contributed by atoms with Gasteiger partial charge in [-0.25, -0.2) is 9.37 Å². The van der Waals surface area contributed by atoms with E-state index in [0.717, 1.165) is 11.8 Å². The number of nitrogens with zero attached hydrogens (tertiary/aromatic N) is 2. The van der Waals surface area contributed by atoms with Crippen LogP contribution in [-0.2, 0) is 9.59 Å². The second kappa shape index (κ2) is 9.33. The molecule has 162 valence electrons. The van der Waals surface area contributed by atoms with Gasteiger partial charge in [-0.1, -0.05) is 30.0 Å². The number of carbonyl (C=O) groups excluding carboxylic acids is 2. The van der Waals surface area contributed by atoms with Crippen molar-refractivity contribution < 1.29 is 14.0 Å². The van der Waals surface area contributed by atoms with Gasteiger partial charge in [-0.2, -0.15) is 0 Å². The molecule has 0 radical (unpaired) electrons. The van der Waals surface area contributed by atoms with Gasteiger partial charge in [0.2, 0.25) is 11.8 Å². The number of hydrogen-bond acceptors (Lipinski definition) is 6. The van der Waals surface area contributed by atoms with Crippen molar-refractivity contribution in [2.24, 2.45) is 0 Å². The summed E-state index contributed by atoms with van der Waals surface area (Å²) in [7, 11) is 0. The number of fused-ring (bicyclic) bond motifs is 1. The summed E-state index contributed by atoms with van der Waals surface area (Å²) in [6.45, 7) is 1.40. The first-order valence-corrected chi connectivity index (χ1v) is 11.3. The third-order valence-electron chi connectivity index (χ3n) is 4.34. The maximum absolute atomic E-state index is 14.5. The Morgan fingerprint density at radius 2 is 1.84 bits per heavy atom. The second-order valence-electron chi connectivity index (χ2n) is 6.72. The first-order valence-electron chi connectivity index (χ1n) is 9.48. The number of anilines is 2. The molecule has 2 heterocycles. The molecule has 4 rings (SSSR count). The van der Waals surface area contributed by atoms with Crippen LogP contribution in [-0.4, -0.2) is 27.1 Å². The zero-order valence-corrected chi connectivity index (χ0v) is 18.4. The number of para-hydroxylation sites is 1. The molecular weight excluding hydrogens is 451 g/mol.